The molecule has 0 spiro atoms. The fraction of sp³-hybridized carbons (Fsp3) is 0.316. The summed E-state index contributed by atoms with van der Waals surface area (Å²) >= 11 is 0. The summed E-state index contributed by atoms with van der Waals surface area (Å²) in [5.41, 5.74) is 3.48. The predicted molar refractivity (Wildman–Crippen MR) is 92.4 cm³/mol. The van der Waals surface area contributed by atoms with Crippen molar-refractivity contribution in [2.75, 3.05) is 13.1 Å². The van der Waals surface area contributed by atoms with Crippen LogP contribution in [0.2, 0.25) is 0 Å². The van der Waals surface area contributed by atoms with Gasteiger partial charge in [-0.15, -0.1) is 0 Å². The Morgan fingerprint density at radius 1 is 1.00 bits per heavy atom. The van der Waals surface area contributed by atoms with Gasteiger partial charge in [0.15, 0.2) is 0 Å². The van der Waals surface area contributed by atoms with Crippen molar-refractivity contribution in [3.8, 4) is 0 Å². The summed E-state index contributed by atoms with van der Waals surface area (Å²) in [6.07, 6.45) is 0.741. The molecule has 0 aliphatic heterocycles. The van der Waals surface area contributed by atoms with E-state index in [1.807, 2.05) is 30.3 Å². The fourth-order valence-corrected chi connectivity index (χ4v) is 2.31. The van der Waals surface area contributed by atoms with Gasteiger partial charge in [0.1, 0.15) is 0 Å². The first-order chi connectivity index (χ1) is 11.1. The van der Waals surface area contributed by atoms with Crippen molar-refractivity contribution in [3.05, 3.63) is 71.3 Å². The molecule has 0 radical (unpaired) electrons. The van der Waals surface area contributed by atoms with E-state index in [9.17, 15) is 9.90 Å². The van der Waals surface area contributed by atoms with Crippen LogP contribution in [-0.4, -0.2) is 30.3 Å². The van der Waals surface area contributed by atoms with Crippen LogP contribution in [-0.2, 0) is 12.8 Å². The van der Waals surface area contributed by atoms with Crippen molar-refractivity contribution in [1.82, 2.24) is 10.6 Å². The third-order valence-corrected chi connectivity index (χ3v) is 3.63. The van der Waals surface area contributed by atoms with E-state index in [1.165, 1.54) is 11.1 Å². The molecule has 0 aromatic heterocycles. The summed E-state index contributed by atoms with van der Waals surface area (Å²) in [6.45, 7) is 2.87. The maximum absolute atomic E-state index is 11.7. The monoisotopic (exact) mass is 312 g/mol. The molecule has 4 nitrogen and oxygen atoms in total. The lowest BCUT2D eigenvalue weighted by Crippen LogP contribution is -2.41. The third kappa shape index (κ3) is 6.53. The van der Waals surface area contributed by atoms with Crippen LogP contribution in [0.15, 0.2) is 54.6 Å². The molecule has 0 aliphatic carbocycles. The minimum absolute atomic E-state index is 0.241. The maximum atomic E-state index is 11.7. The molecule has 0 fully saturated rings. The summed E-state index contributed by atoms with van der Waals surface area (Å²) in [4.78, 5) is 11.7. The Balaban J connectivity index is 1.62. The lowest BCUT2D eigenvalue weighted by Gasteiger charge is -2.13. The lowest BCUT2D eigenvalue weighted by atomic mass is 10.1. The van der Waals surface area contributed by atoms with E-state index in [1.54, 1.807) is 0 Å². The number of aliphatic hydroxyl groups excluding tert-OH is 1. The van der Waals surface area contributed by atoms with Gasteiger partial charge in [-0.25, -0.2) is 4.79 Å². The molecule has 0 heterocycles. The smallest absolute Gasteiger partial charge is 0.314 e. The summed E-state index contributed by atoms with van der Waals surface area (Å²) in [7, 11) is 0. The van der Waals surface area contributed by atoms with Gasteiger partial charge in [0.2, 0.25) is 0 Å². The number of carbonyl (C=O) groups is 1. The molecule has 23 heavy (non-hydrogen) atoms. The number of benzene rings is 2. The van der Waals surface area contributed by atoms with Crippen LogP contribution in [0.3, 0.4) is 0 Å². The lowest BCUT2D eigenvalue weighted by molar-refractivity contribution is 0.170. The standard InChI is InChI=1S/C19H24N2O2/c1-15-7-9-16(10-8-15)11-12-20-19(23)21-14-18(22)13-17-5-3-2-4-6-17/h2-10,18,22H,11-14H2,1H3,(H2,20,21,23). The second-order valence-electron chi connectivity index (χ2n) is 5.72. The Kier molecular flexibility index (Phi) is 6.63. The van der Waals surface area contributed by atoms with E-state index < -0.39 is 6.10 Å². The Labute approximate surface area is 137 Å². The molecule has 0 saturated heterocycles. The SMILES string of the molecule is Cc1ccc(CCNC(=O)NCC(O)Cc2ccccc2)cc1. The zero-order valence-corrected chi connectivity index (χ0v) is 13.5. The molecule has 122 valence electrons. The van der Waals surface area contributed by atoms with Crippen molar-refractivity contribution in [2.24, 2.45) is 0 Å². The van der Waals surface area contributed by atoms with E-state index in [0.29, 0.717) is 13.0 Å². The van der Waals surface area contributed by atoms with Gasteiger partial charge in [0.05, 0.1) is 6.10 Å². The third-order valence-electron chi connectivity index (χ3n) is 3.63. The summed E-state index contributed by atoms with van der Waals surface area (Å²) in [6, 6.07) is 17.8. The average molecular weight is 312 g/mol. The molecular formula is C19H24N2O2. The number of carbonyl (C=O) groups excluding carboxylic acids is 1. The normalized spacial score (nSPS) is 11.7. The molecule has 0 aliphatic rings. The van der Waals surface area contributed by atoms with Gasteiger partial charge in [0.25, 0.3) is 0 Å². The van der Waals surface area contributed by atoms with E-state index in [4.69, 9.17) is 0 Å². The Bertz CT molecular complexity index is 597. The van der Waals surface area contributed by atoms with Crippen LogP contribution < -0.4 is 10.6 Å². The van der Waals surface area contributed by atoms with E-state index >= 15 is 0 Å². The first-order valence-corrected chi connectivity index (χ1v) is 7.93. The van der Waals surface area contributed by atoms with E-state index in [0.717, 1.165) is 12.0 Å². The van der Waals surface area contributed by atoms with Gasteiger partial charge in [0, 0.05) is 19.5 Å². The predicted octanol–water partition coefficient (Wildman–Crippen LogP) is 2.44. The molecule has 1 unspecified atom stereocenters. The Morgan fingerprint density at radius 3 is 2.39 bits per heavy atom. The number of aliphatic hydroxyl groups is 1. The van der Waals surface area contributed by atoms with Crippen molar-refractivity contribution in [3.63, 3.8) is 0 Å². The Hall–Kier alpha value is -2.33. The largest absolute Gasteiger partial charge is 0.391 e. The summed E-state index contributed by atoms with van der Waals surface area (Å²) in [5.74, 6) is 0. The summed E-state index contributed by atoms with van der Waals surface area (Å²) < 4.78 is 0. The van der Waals surface area contributed by atoms with E-state index in [2.05, 4.69) is 41.8 Å². The van der Waals surface area contributed by atoms with Gasteiger partial charge in [-0.1, -0.05) is 60.2 Å². The number of rotatable bonds is 7. The van der Waals surface area contributed by atoms with Crippen LogP contribution in [0, 0.1) is 6.92 Å². The van der Waals surface area contributed by atoms with Gasteiger partial charge in [-0.05, 0) is 24.5 Å². The number of hydrogen-bond donors (Lipinski definition) is 3. The number of amides is 2. The highest BCUT2D eigenvalue weighted by molar-refractivity contribution is 5.73. The van der Waals surface area contributed by atoms with Crippen LogP contribution >= 0.6 is 0 Å². The molecule has 2 rings (SSSR count). The van der Waals surface area contributed by atoms with Crippen molar-refractivity contribution < 1.29 is 9.90 Å². The quantitative estimate of drug-likeness (QED) is 0.735. The van der Waals surface area contributed by atoms with E-state index in [-0.39, 0.29) is 12.6 Å². The van der Waals surface area contributed by atoms with Gasteiger partial charge in [-0.2, -0.15) is 0 Å². The topological polar surface area (TPSA) is 61.4 Å². The number of aryl methyl sites for hydroxylation is 1. The fourth-order valence-electron chi connectivity index (χ4n) is 2.31. The number of nitrogens with one attached hydrogen (secondary N) is 2. The van der Waals surface area contributed by atoms with Gasteiger partial charge >= 0.3 is 6.03 Å². The minimum atomic E-state index is -0.583. The molecular weight excluding hydrogens is 288 g/mol. The van der Waals surface area contributed by atoms with Crippen molar-refractivity contribution in [1.29, 1.82) is 0 Å². The zero-order valence-electron chi connectivity index (χ0n) is 13.5. The first kappa shape index (κ1) is 17.0. The van der Waals surface area contributed by atoms with Crippen LogP contribution in [0.5, 0.6) is 0 Å². The highest BCUT2D eigenvalue weighted by atomic mass is 16.3. The molecule has 3 N–H and O–H groups in total. The second-order valence-corrected chi connectivity index (χ2v) is 5.72. The first-order valence-electron chi connectivity index (χ1n) is 7.93. The van der Waals surface area contributed by atoms with Gasteiger partial charge < -0.3 is 15.7 Å². The highest BCUT2D eigenvalue weighted by Gasteiger charge is 2.07. The molecule has 4 heteroatoms. The molecule has 2 aromatic carbocycles. The molecule has 0 bridgehead atoms. The van der Waals surface area contributed by atoms with Crippen molar-refractivity contribution >= 4 is 6.03 Å². The van der Waals surface area contributed by atoms with Crippen LogP contribution in [0.1, 0.15) is 16.7 Å². The molecule has 2 amide bonds. The zero-order chi connectivity index (χ0) is 16.5. The van der Waals surface area contributed by atoms with Crippen molar-refractivity contribution in [2.45, 2.75) is 25.9 Å². The molecule has 2 aromatic rings. The number of urea groups is 1. The number of hydrogen-bond acceptors (Lipinski definition) is 2. The molecule has 0 saturated carbocycles. The maximum Gasteiger partial charge on any atom is 0.314 e. The average Bonchev–Trinajstić information content (AvgIpc) is 2.56. The van der Waals surface area contributed by atoms with Crippen LogP contribution in [0.25, 0.3) is 0 Å². The Morgan fingerprint density at radius 2 is 1.70 bits per heavy atom. The summed E-state index contributed by atoms with van der Waals surface area (Å²) in [5, 5.41) is 15.4. The van der Waals surface area contributed by atoms with Crippen LogP contribution in [0.4, 0.5) is 4.79 Å². The highest BCUT2D eigenvalue weighted by Crippen LogP contribution is 2.03. The second kappa shape index (κ2) is 8.96. The molecule has 1 atom stereocenters. The van der Waals surface area contributed by atoms with Gasteiger partial charge in [-0.3, -0.25) is 0 Å². The minimum Gasteiger partial charge on any atom is -0.391 e.